The van der Waals surface area contributed by atoms with Crippen LogP contribution in [0.3, 0.4) is 0 Å². The van der Waals surface area contributed by atoms with Gasteiger partial charge in [-0.05, 0) is 67.1 Å². The Kier molecular flexibility index (Phi) is 6.27. The molecule has 0 aliphatic heterocycles. The van der Waals surface area contributed by atoms with Crippen LogP contribution in [0.4, 0.5) is 5.69 Å². The van der Waals surface area contributed by atoms with Gasteiger partial charge in [0.05, 0.1) is 17.7 Å². The molecule has 0 fully saturated rings. The summed E-state index contributed by atoms with van der Waals surface area (Å²) in [7, 11) is -2.62. The van der Waals surface area contributed by atoms with Crippen LogP contribution in [0.15, 0.2) is 77.7 Å². The smallest absolute Gasteiger partial charge is 0.324 e. The molecule has 0 unspecified atom stereocenters. The molecule has 0 saturated heterocycles. The molecule has 3 rings (SSSR count). The Hall–Kier alpha value is -3.52. The zero-order valence-electron chi connectivity index (χ0n) is 16.5. The Morgan fingerprint density at radius 3 is 2.17 bits per heavy atom. The predicted octanol–water partition coefficient (Wildman–Crippen LogP) is 4.08. The summed E-state index contributed by atoms with van der Waals surface area (Å²) in [6.45, 7) is 1.00. The molecule has 156 valence electrons. The van der Waals surface area contributed by atoms with Crippen LogP contribution in [-0.4, -0.2) is 33.1 Å². The van der Waals surface area contributed by atoms with E-state index in [0.717, 1.165) is 4.31 Å². The van der Waals surface area contributed by atoms with Gasteiger partial charge in [0, 0.05) is 0 Å². The van der Waals surface area contributed by atoms with Crippen molar-refractivity contribution in [3.8, 4) is 17.2 Å². The molecule has 30 heavy (non-hydrogen) atoms. The van der Waals surface area contributed by atoms with Crippen LogP contribution in [0.5, 0.6) is 17.2 Å². The number of sulfonamides is 1. The fourth-order valence-electron chi connectivity index (χ4n) is 2.88. The van der Waals surface area contributed by atoms with Crippen LogP contribution in [0.25, 0.3) is 0 Å². The largest absolute Gasteiger partial charge is 0.496 e. The van der Waals surface area contributed by atoms with Crippen LogP contribution in [0.2, 0.25) is 0 Å². The Bertz CT molecular complexity index is 1130. The van der Waals surface area contributed by atoms with Gasteiger partial charge in [0.2, 0.25) is 0 Å². The van der Waals surface area contributed by atoms with E-state index in [1.165, 1.54) is 37.4 Å². The van der Waals surface area contributed by atoms with Crippen molar-refractivity contribution in [3.63, 3.8) is 0 Å². The summed E-state index contributed by atoms with van der Waals surface area (Å²) in [4.78, 5) is 11.4. The van der Waals surface area contributed by atoms with E-state index in [4.69, 9.17) is 9.47 Å². The molecule has 0 spiro atoms. The van der Waals surface area contributed by atoms with Gasteiger partial charge in [0.15, 0.2) is 0 Å². The molecule has 0 saturated carbocycles. The molecule has 0 bridgehead atoms. The van der Waals surface area contributed by atoms with Crippen LogP contribution in [0.1, 0.15) is 5.56 Å². The summed E-state index contributed by atoms with van der Waals surface area (Å²) in [6.07, 6.45) is 0. The van der Waals surface area contributed by atoms with E-state index in [-0.39, 0.29) is 10.6 Å². The van der Waals surface area contributed by atoms with E-state index >= 15 is 0 Å². The van der Waals surface area contributed by atoms with Crippen molar-refractivity contribution in [2.75, 3.05) is 18.0 Å². The predicted molar refractivity (Wildman–Crippen MR) is 113 cm³/mol. The van der Waals surface area contributed by atoms with E-state index in [0.29, 0.717) is 22.8 Å². The van der Waals surface area contributed by atoms with Gasteiger partial charge in [-0.3, -0.25) is 9.10 Å². The minimum atomic E-state index is -4.11. The molecule has 3 aromatic carbocycles. The van der Waals surface area contributed by atoms with Crippen LogP contribution in [0, 0.1) is 6.92 Å². The standard InChI is InChI=1S/C22H21NO6S/c1-16-14-20(12-13-21(16)28-2)30(26,27)23(15-22(24)25)17-8-10-19(11-9-17)29-18-6-4-3-5-7-18/h3-14H,15H2,1-2H3,(H,24,25). The lowest BCUT2D eigenvalue weighted by Gasteiger charge is -2.23. The molecule has 8 heteroatoms. The van der Waals surface area contributed by atoms with Gasteiger partial charge < -0.3 is 14.6 Å². The summed E-state index contributed by atoms with van der Waals surface area (Å²) in [5.74, 6) is 0.404. The maximum Gasteiger partial charge on any atom is 0.324 e. The highest BCUT2D eigenvalue weighted by atomic mass is 32.2. The summed E-state index contributed by atoms with van der Waals surface area (Å²) < 4.78 is 38.1. The number of carbonyl (C=O) groups is 1. The van der Waals surface area contributed by atoms with Crippen molar-refractivity contribution >= 4 is 21.7 Å². The lowest BCUT2D eigenvalue weighted by atomic mass is 10.2. The first-order chi connectivity index (χ1) is 14.3. The summed E-state index contributed by atoms with van der Waals surface area (Å²) in [5, 5.41) is 9.29. The second-order valence-corrected chi connectivity index (χ2v) is 8.31. The SMILES string of the molecule is COc1ccc(S(=O)(=O)N(CC(=O)O)c2ccc(Oc3ccccc3)cc2)cc1C. The number of ether oxygens (including phenoxy) is 2. The first-order valence-corrected chi connectivity index (χ1v) is 10.5. The highest BCUT2D eigenvalue weighted by Gasteiger charge is 2.27. The van der Waals surface area contributed by atoms with Gasteiger partial charge in [-0.1, -0.05) is 18.2 Å². The van der Waals surface area contributed by atoms with Crippen molar-refractivity contribution in [1.29, 1.82) is 0 Å². The third kappa shape index (κ3) is 4.72. The van der Waals surface area contributed by atoms with Crippen molar-refractivity contribution in [1.82, 2.24) is 0 Å². The molecule has 1 N–H and O–H groups in total. The van der Waals surface area contributed by atoms with Crippen molar-refractivity contribution in [2.45, 2.75) is 11.8 Å². The zero-order valence-corrected chi connectivity index (χ0v) is 17.3. The minimum absolute atomic E-state index is 0.0216. The number of rotatable bonds is 8. The fourth-order valence-corrected chi connectivity index (χ4v) is 4.38. The monoisotopic (exact) mass is 427 g/mol. The topological polar surface area (TPSA) is 93.1 Å². The fraction of sp³-hybridized carbons (Fsp3) is 0.136. The highest BCUT2D eigenvalue weighted by molar-refractivity contribution is 7.92. The quantitative estimate of drug-likeness (QED) is 0.582. The highest BCUT2D eigenvalue weighted by Crippen LogP contribution is 2.29. The van der Waals surface area contributed by atoms with Gasteiger partial charge in [0.25, 0.3) is 10.0 Å². The average Bonchev–Trinajstić information content (AvgIpc) is 2.73. The lowest BCUT2D eigenvalue weighted by molar-refractivity contribution is -0.135. The minimum Gasteiger partial charge on any atom is -0.496 e. The molecule has 0 heterocycles. The maximum atomic E-state index is 13.2. The average molecular weight is 427 g/mol. The Labute approximate surface area is 175 Å². The van der Waals surface area contributed by atoms with Crippen molar-refractivity contribution in [3.05, 3.63) is 78.4 Å². The molecular weight excluding hydrogens is 406 g/mol. The van der Waals surface area contributed by atoms with Gasteiger partial charge in [0.1, 0.15) is 23.8 Å². The number of carboxylic acids is 1. The van der Waals surface area contributed by atoms with Gasteiger partial charge in [-0.15, -0.1) is 0 Å². The Morgan fingerprint density at radius 2 is 1.60 bits per heavy atom. The normalized spacial score (nSPS) is 11.0. The second-order valence-electron chi connectivity index (χ2n) is 6.45. The third-order valence-corrected chi connectivity index (χ3v) is 6.11. The first-order valence-electron chi connectivity index (χ1n) is 9.03. The number of hydrogen-bond acceptors (Lipinski definition) is 5. The number of aryl methyl sites for hydroxylation is 1. The number of carboxylic acid groups (broad SMARTS) is 1. The van der Waals surface area contributed by atoms with Crippen molar-refractivity contribution in [2.24, 2.45) is 0 Å². The number of para-hydroxylation sites is 1. The Morgan fingerprint density at radius 1 is 0.967 bits per heavy atom. The molecule has 0 amide bonds. The molecule has 0 radical (unpaired) electrons. The number of hydrogen-bond donors (Lipinski definition) is 1. The van der Waals surface area contributed by atoms with E-state index in [9.17, 15) is 18.3 Å². The zero-order chi connectivity index (χ0) is 21.7. The number of benzene rings is 3. The molecule has 0 atom stereocenters. The van der Waals surface area contributed by atoms with E-state index < -0.39 is 22.5 Å². The second kappa shape index (κ2) is 8.87. The van der Waals surface area contributed by atoms with E-state index in [1.54, 1.807) is 31.2 Å². The molecule has 0 aliphatic carbocycles. The van der Waals surface area contributed by atoms with Gasteiger partial charge >= 0.3 is 5.97 Å². The molecule has 7 nitrogen and oxygen atoms in total. The Balaban J connectivity index is 1.93. The summed E-state index contributed by atoms with van der Waals surface area (Å²) >= 11 is 0. The van der Waals surface area contributed by atoms with Gasteiger partial charge in [-0.2, -0.15) is 0 Å². The summed E-state index contributed by atoms with van der Waals surface area (Å²) in [5.41, 5.74) is 0.840. The van der Waals surface area contributed by atoms with Crippen molar-refractivity contribution < 1.29 is 27.8 Å². The molecule has 0 aromatic heterocycles. The van der Waals surface area contributed by atoms with Crippen LogP contribution < -0.4 is 13.8 Å². The van der Waals surface area contributed by atoms with E-state index in [2.05, 4.69) is 0 Å². The summed E-state index contributed by atoms with van der Waals surface area (Å²) in [6, 6.07) is 19.7. The lowest BCUT2D eigenvalue weighted by Crippen LogP contribution is -2.35. The van der Waals surface area contributed by atoms with E-state index in [1.807, 2.05) is 18.2 Å². The number of aliphatic carboxylic acids is 1. The maximum absolute atomic E-state index is 13.2. The number of methoxy groups -OCH3 is 1. The molecule has 0 aliphatic rings. The number of anilines is 1. The number of nitrogens with zero attached hydrogens (tertiary/aromatic N) is 1. The first kappa shape index (κ1) is 21.2. The molecular formula is C22H21NO6S. The molecule has 3 aromatic rings. The van der Waals surface area contributed by atoms with Gasteiger partial charge in [-0.25, -0.2) is 8.42 Å². The third-order valence-electron chi connectivity index (χ3n) is 4.34. The van der Waals surface area contributed by atoms with Crippen LogP contribution in [-0.2, 0) is 14.8 Å². The van der Waals surface area contributed by atoms with Crippen LogP contribution >= 0.6 is 0 Å².